The van der Waals surface area contributed by atoms with E-state index in [1.54, 1.807) is 0 Å². The molecule has 106 valence electrons. The van der Waals surface area contributed by atoms with Gasteiger partial charge in [0.25, 0.3) is 0 Å². The average Bonchev–Trinajstić information content (AvgIpc) is 2.45. The number of hydrogen-bond donors (Lipinski definition) is 1. The maximum atomic E-state index is 8.99. The van der Waals surface area contributed by atoms with Gasteiger partial charge in [-0.2, -0.15) is 5.26 Å². The predicted octanol–water partition coefficient (Wildman–Crippen LogP) is 3.32. The summed E-state index contributed by atoms with van der Waals surface area (Å²) in [6, 6.07) is 9.83. The van der Waals surface area contributed by atoms with Crippen LogP contribution in [0.3, 0.4) is 0 Å². The molecule has 1 N–H and O–H groups in total. The fourth-order valence-electron chi connectivity index (χ4n) is 3.79. The lowest BCUT2D eigenvalue weighted by molar-refractivity contribution is 0.252. The number of rotatable bonds is 2. The molecule has 3 rings (SSSR count). The Morgan fingerprint density at radius 2 is 2.00 bits per heavy atom. The van der Waals surface area contributed by atoms with Crippen LogP contribution in [0.5, 0.6) is 0 Å². The molecule has 2 unspecified atom stereocenters. The van der Waals surface area contributed by atoms with Crippen molar-refractivity contribution in [3.63, 3.8) is 0 Å². The molecule has 0 aliphatic carbocycles. The Balaban J connectivity index is 1.90. The van der Waals surface area contributed by atoms with E-state index >= 15 is 0 Å². The van der Waals surface area contributed by atoms with Gasteiger partial charge in [-0.3, -0.25) is 0 Å². The minimum Gasteiger partial charge on any atom is -0.365 e. The van der Waals surface area contributed by atoms with Gasteiger partial charge in [-0.15, -0.1) is 0 Å². The van der Waals surface area contributed by atoms with E-state index in [0.717, 1.165) is 0 Å². The Morgan fingerprint density at radius 1 is 1.30 bits per heavy atom. The summed E-state index contributed by atoms with van der Waals surface area (Å²) in [6.45, 7) is 0. The van der Waals surface area contributed by atoms with E-state index in [9.17, 15) is 0 Å². The molecule has 1 aromatic rings. The molecule has 0 radical (unpaired) electrons. The third kappa shape index (κ3) is 2.39. The highest BCUT2D eigenvalue weighted by molar-refractivity contribution is 6.32. The minimum absolute atomic E-state index is 0.561. The number of anilines is 1. The van der Waals surface area contributed by atoms with Crippen LogP contribution in [0.1, 0.15) is 37.7 Å². The van der Waals surface area contributed by atoms with Crippen LogP contribution in [0.15, 0.2) is 18.2 Å². The summed E-state index contributed by atoms with van der Waals surface area (Å²) in [5.74, 6) is 0. The first kappa shape index (κ1) is 13.7. The molecule has 2 heterocycles. The molecule has 0 spiro atoms. The molecule has 20 heavy (non-hydrogen) atoms. The summed E-state index contributed by atoms with van der Waals surface area (Å²) < 4.78 is 0. The van der Waals surface area contributed by atoms with Crippen molar-refractivity contribution in [1.29, 1.82) is 5.26 Å². The zero-order valence-corrected chi connectivity index (χ0v) is 12.5. The van der Waals surface area contributed by atoms with E-state index in [0.29, 0.717) is 28.7 Å². The van der Waals surface area contributed by atoms with Gasteiger partial charge in [-0.1, -0.05) is 11.6 Å². The minimum atomic E-state index is 0.561. The molecular formula is C16H20ClN3. The lowest BCUT2D eigenvalue weighted by Gasteiger charge is -2.50. The van der Waals surface area contributed by atoms with Crippen molar-refractivity contribution in [2.24, 2.45) is 0 Å². The van der Waals surface area contributed by atoms with E-state index in [-0.39, 0.29) is 0 Å². The van der Waals surface area contributed by atoms with E-state index in [1.807, 2.05) is 12.1 Å². The summed E-state index contributed by atoms with van der Waals surface area (Å²) in [5, 5.41) is 13.0. The quantitative estimate of drug-likeness (QED) is 0.908. The average molecular weight is 290 g/mol. The molecule has 2 atom stereocenters. The van der Waals surface area contributed by atoms with Crippen LogP contribution in [0.2, 0.25) is 5.02 Å². The zero-order chi connectivity index (χ0) is 14.1. The Kier molecular flexibility index (Phi) is 3.87. The second-order valence-corrected chi connectivity index (χ2v) is 6.29. The number of halogens is 1. The molecule has 2 bridgehead atoms. The Labute approximate surface area is 125 Å². The zero-order valence-electron chi connectivity index (χ0n) is 11.8. The third-order valence-corrected chi connectivity index (χ3v) is 5.07. The number of piperidine rings is 2. The van der Waals surface area contributed by atoms with Gasteiger partial charge < -0.3 is 10.2 Å². The summed E-state index contributed by atoms with van der Waals surface area (Å²) >= 11 is 6.20. The second-order valence-electron chi connectivity index (χ2n) is 5.88. The Morgan fingerprint density at radius 3 is 2.55 bits per heavy atom. The maximum Gasteiger partial charge on any atom is 0.101 e. The number of nitrogens with zero attached hydrogens (tertiary/aromatic N) is 2. The van der Waals surface area contributed by atoms with Crippen molar-refractivity contribution in [2.75, 3.05) is 11.9 Å². The lowest BCUT2D eigenvalue weighted by atomic mass is 9.81. The molecule has 3 nitrogen and oxygen atoms in total. The van der Waals surface area contributed by atoms with Crippen LogP contribution in [0.25, 0.3) is 0 Å². The molecule has 0 amide bonds. The molecule has 2 saturated heterocycles. The molecular weight excluding hydrogens is 270 g/mol. The molecule has 2 fully saturated rings. The fourth-order valence-corrected chi connectivity index (χ4v) is 4.01. The third-order valence-electron chi connectivity index (χ3n) is 4.75. The first-order chi connectivity index (χ1) is 9.72. The highest BCUT2D eigenvalue weighted by Crippen LogP contribution is 2.38. The summed E-state index contributed by atoms with van der Waals surface area (Å²) in [5.41, 5.74) is 1.74. The van der Waals surface area contributed by atoms with Crippen molar-refractivity contribution in [1.82, 2.24) is 5.32 Å². The van der Waals surface area contributed by atoms with Gasteiger partial charge in [-0.05, 0) is 57.4 Å². The number of benzene rings is 1. The van der Waals surface area contributed by atoms with Crippen LogP contribution in [0, 0.1) is 11.3 Å². The van der Waals surface area contributed by atoms with Crippen molar-refractivity contribution in [3.05, 3.63) is 28.8 Å². The topological polar surface area (TPSA) is 39.1 Å². The van der Waals surface area contributed by atoms with E-state index in [1.165, 1.54) is 37.8 Å². The van der Waals surface area contributed by atoms with Gasteiger partial charge >= 0.3 is 0 Å². The number of nitrogens with one attached hydrogen (secondary N) is 1. The first-order valence-electron chi connectivity index (χ1n) is 7.38. The van der Waals surface area contributed by atoms with Crippen molar-refractivity contribution >= 4 is 17.3 Å². The summed E-state index contributed by atoms with van der Waals surface area (Å²) in [7, 11) is 2.06. The number of fused-ring (bicyclic) bond motifs is 2. The van der Waals surface area contributed by atoms with Crippen molar-refractivity contribution in [3.8, 4) is 6.07 Å². The monoisotopic (exact) mass is 289 g/mol. The first-order valence-corrected chi connectivity index (χ1v) is 7.76. The van der Waals surface area contributed by atoms with Gasteiger partial charge in [0.1, 0.15) is 6.07 Å². The maximum absolute atomic E-state index is 8.99. The highest BCUT2D eigenvalue weighted by atomic mass is 35.5. The Bertz CT molecular complexity index is 523. The van der Waals surface area contributed by atoms with Gasteiger partial charge in [-0.25, -0.2) is 0 Å². The van der Waals surface area contributed by atoms with E-state index in [2.05, 4.69) is 29.4 Å². The van der Waals surface area contributed by atoms with E-state index in [4.69, 9.17) is 16.9 Å². The smallest absolute Gasteiger partial charge is 0.101 e. The fraction of sp³-hybridized carbons (Fsp3) is 0.562. The SMILES string of the molecule is CNC1CC2CCCC(C1)N2c1ccc(C#N)c(Cl)c1. The molecule has 1 aromatic carbocycles. The van der Waals surface area contributed by atoms with Crippen LogP contribution in [-0.4, -0.2) is 25.2 Å². The molecule has 4 heteroatoms. The molecule has 0 saturated carbocycles. The summed E-state index contributed by atoms with van der Waals surface area (Å²) in [4.78, 5) is 2.55. The van der Waals surface area contributed by atoms with Crippen molar-refractivity contribution in [2.45, 2.75) is 50.2 Å². The van der Waals surface area contributed by atoms with Gasteiger partial charge in [0.2, 0.25) is 0 Å². The van der Waals surface area contributed by atoms with Crippen LogP contribution in [-0.2, 0) is 0 Å². The standard InChI is InChI=1S/C16H20ClN3/c1-19-12-7-13-3-2-4-14(8-12)20(13)15-6-5-11(10-18)16(17)9-15/h5-6,9,12-14,19H,2-4,7-8H2,1H3. The molecule has 2 aliphatic rings. The molecule has 2 aliphatic heterocycles. The predicted molar refractivity (Wildman–Crippen MR) is 82.2 cm³/mol. The summed E-state index contributed by atoms with van der Waals surface area (Å²) in [6.07, 6.45) is 6.24. The van der Waals surface area contributed by atoms with Crippen LogP contribution >= 0.6 is 11.6 Å². The van der Waals surface area contributed by atoms with E-state index < -0.39 is 0 Å². The normalized spacial score (nSPS) is 29.1. The van der Waals surface area contributed by atoms with Gasteiger partial charge in [0.05, 0.1) is 10.6 Å². The lowest BCUT2D eigenvalue weighted by Crippen LogP contribution is -2.56. The van der Waals surface area contributed by atoms with Gasteiger partial charge in [0, 0.05) is 23.8 Å². The highest BCUT2D eigenvalue weighted by Gasteiger charge is 2.37. The second kappa shape index (κ2) is 5.63. The Hall–Kier alpha value is -1.24. The van der Waals surface area contributed by atoms with Gasteiger partial charge in [0.15, 0.2) is 0 Å². The van der Waals surface area contributed by atoms with Crippen LogP contribution < -0.4 is 10.2 Å². The molecule has 0 aromatic heterocycles. The number of hydrogen-bond acceptors (Lipinski definition) is 3. The largest absolute Gasteiger partial charge is 0.365 e. The van der Waals surface area contributed by atoms with Crippen LogP contribution in [0.4, 0.5) is 5.69 Å². The number of nitriles is 1. The van der Waals surface area contributed by atoms with Crippen molar-refractivity contribution < 1.29 is 0 Å².